The zero-order chi connectivity index (χ0) is 16.4. The van der Waals surface area contributed by atoms with Gasteiger partial charge in [-0.2, -0.15) is 0 Å². The highest BCUT2D eigenvalue weighted by atomic mass is 15.1. The minimum atomic E-state index is 1.21. The Labute approximate surface area is 144 Å². The van der Waals surface area contributed by atoms with Gasteiger partial charge in [0.2, 0.25) is 0 Å². The van der Waals surface area contributed by atoms with Crippen molar-refractivity contribution in [3.8, 4) is 0 Å². The van der Waals surface area contributed by atoms with E-state index in [0.717, 1.165) is 0 Å². The van der Waals surface area contributed by atoms with Crippen LogP contribution in [-0.2, 0) is 12.8 Å². The van der Waals surface area contributed by atoms with Gasteiger partial charge in [0, 0.05) is 17.1 Å². The first-order chi connectivity index (χ1) is 11.8. The average Bonchev–Trinajstić information content (AvgIpc) is 2.64. The first-order valence-electron chi connectivity index (χ1n) is 8.85. The first kappa shape index (κ1) is 15.0. The molecule has 3 aromatic rings. The molecule has 120 valence electrons. The van der Waals surface area contributed by atoms with Crippen molar-refractivity contribution in [1.29, 1.82) is 0 Å². The molecule has 0 spiro atoms. The largest absolute Gasteiger partial charge is 0.310 e. The van der Waals surface area contributed by atoms with Gasteiger partial charge in [-0.05, 0) is 80.1 Å². The first-order valence-corrected chi connectivity index (χ1v) is 8.85. The van der Waals surface area contributed by atoms with Gasteiger partial charge in [0.1, 0.15) is 0 Å². The summed E-state index contributed by atoms with van der Waals surface area (Å²) in [4.78, 5) is 2.36. The Morgan fingerprint density at radius 2 is 1.25 bits per heavy atom. The number of benzene rings is 3. The van der Waals surface area contributed by atoms with E-state index in [1.54, 1.807) is 0 Å². The monoisotopic (exact) mass is 313 g/mol. The Morgan fingerprint density at radius 3 is 2.00 bits per heavy atom. The SMILES string of the molecule is Cc1ccc(N(c2ccccc2)c2ccc3c(c2)CCCC3)cc1. The highest BCUT2D eigenvalue weighted by Crippen LogP contribution is 2.36. The van der Waals surface area contributed by atoms with E-state index in [9.17, 15) is 0 Å². The van der Waals surface area contributed by atoms with Crippen LogP contribution in [0.5, 0.6) is 0 Å². The molecule has 1 aliphatic carbocycles. The van der Waals surface area contributed by atoms with Crippen molar-refractivity contribution in [2.24, 2.45) is 0 Å². The Kier molecular flexibility index (Phi) is 4.08. The average molecular weight is 313 g/mol. The molecule has 3 aromatic carbocycles. The minimum absolute atomic E-state index is 1.21. The predicted octanol–water partition coefficient (Wildman–Crippen LogP) is 6.34. The van der Waals surface area contributed by atoms with Crippen molar-refractivity contribution in [1.82, 2.24) is 0 Å². The van der Waals surface area contributed by atoms with Gasteiger partial charge in [-0.15, -0.1) is 0 Å². The van der Waals surface area contributed by atoms with Crippen LogP contribution in [0.4, 0.5) is 17.1 Å². The molecule has 0 aliphatic heterocycles. The molecule has 0 unspecified atom stereocenters. The van der Waals surface area contributed by atoms with Crippen LogP contribution >= 0.6 is 0 Å². The molecule has 0 bridgehead atoms. The summed E-state index contributed by atoms with van der Waals surface area (Å²) in [5, 5.41) is 0. The summed E-state index contributed by atoms with van der Waals surface area (Å²) in [5.41, 5.74) is 8.01. The van der Waals surface area contributed by atoms with Crippen LogP contribution in [0, 0.1) is 6.92 Å². The molecule has 0 radical (unpaired) electrons. The molecule has 0 atom stereocenters. The number of anilines is 3. The van der Waals surface area contributed by atoms with E-state index in [1.807, 2.05) is 0 Å². The van der Waals surface area contributed by atoms with Crippen molar-refractivity contribution in [3.63, 3.8) is 0 Å². The standard InChI is InChI=1S/C23H23N/c1-18-11-14-22(15-12-18)24(21-9-3-2-4-10-21)23-16-13-19-7-5-6-8-20(19)17-23/h2-4,9-17H,5-8H2,1H3. The fourth-order valence-corrected chi connectivity index (χ4v) is 3.58. The summed E-state index contributed by atoms with van der Waals surface area (Å²) < 4.78 is 0. The maximum Gasteiger partial charge on any atom is 0.0464 e. The van der Waals surface area contributed by atoms with Gasteiger partial charge in [0.05, 0.1) is 0 Å². The van der Waals surface area contributed by atoms with Crippen LogP contribution < -0.4 is 4.90 Å². The predicted molar refractivity (Wildman–Crippen MR) is 103 cm³/mol. The lowest BCUT2D eigenvalue weighted by molar-refractivity contribution is 0.685. The van der Waals surface area contributed by atoms with Crippen LogP contribution in [0.3, 0.4) is 0 Å². The lowest BCUT2D eigenvalue weighted by Gasteiger charge is -2.27. The molecular weight excluding hydrogens is 290 g/mol. The van der Waals surface area contributed by atoms with E-state index in [2.05, 4.69) is 84.6 Å². The van der Waals surface area contributed by atoms with Crippen LogP contribution in [0.25, 0.3) is 0 Å². The van der Waals surface area contributed by atoms with Gasteiger partial charge in [-0.1, -0.05) is 42.0 Å². The highest BCUT2D eigenvalue weighted by Gasteiger charge is 2.15. The molecule has 1 heteroatoms. The third-order valence-corrected chi connectivity index (χ3v) is 4.90. The van der Waals surface area contributed by atoms with E-state index >= 15 is 0 Å². The number of hydrogen-bond acceptors (Lipinski definition) is 1. The molecular formula is C23H23N. The molecule has 0 amide bonds. The summed E-state index contributed by atoms with van der Waals surface area (Å²) in [6.45, 7) is 2.13. The van der Waals surface area contributed by atoms with Crippen molar-refractivity contribution in [2.45, 2.75) is 32.6 Å². The molecule has 24 heavy (non-hydrogen) atoms. The molecule has 0 fully saturated rings. The number of aryl methyl sites for hydroxylation is 3. The zero-order valence-corrected chi connectivity index (χ0v) is 14.2. The molecule has 0 saturated carbocycles. The number of hydrogen-bond donors (Lipinski definition) is 0. The van der Waals surface area contributed by atoms with E-state index in [-0.39, 0.29) is 0 Å². The topological polar surface area (TPSA) is 3.24 Å². The molecule has 1 nitrogen and oxygen atoms in total. The summed E-state index contributed by atoms with van der Waals surface area (Å²) in [5.74, 6) is 0. The maximum absolute atomic E-state index is 2.39. The van der Waals surface area contributed by atoms with Crippen LogP contribution in [-0.4, -0.2) is 0 Å². The maximum atomic E-state index is 2.39. The highest BCUT2D eigenvalue weighted by molar-refractivity contribution is 5.77. The lowest BCUT2D eigenvalue weighted by atomic mass is 9.91. The molecule has 1 aliphatic rings. The molecule has 0 N–H and O–H groups in total. The van der Waals surface area contributed by atoms with Crippen LogP contribution in [0.2, 0.25) is 0 Å². The van der Waals surface area contributed by atoms with E-state index < -0.39 is 0 Å². The summed E-state index contributed by atoms with van der Waals surface area (Å²) >= 11 is 0. The van der Waals surface area contributed by atoms with Gasteiger partial charge in [-0.25, -0.2) is 0 Å². The van der Waals surface area contributed by atoms with Gasteiger partial charge in [0.25, 0.3) is 0 Å². The Balaban J connectivity index is 1.82. The van der Waals surface area contributed by atoms with Crippen molar-refractivity contribution < 1.29 is 0 Å². The van der Waals surface area contributed by atoms with E-state index in [0.29, 0.717) is 0 Å². The van der Waals surface area contributed by atoms with Crippen LogP contribution in [0.1, 0.15) is 29.5 Å². The third-order valence-electron chi connectivity index (χ3n) is 4.90. The van der Waals surface area contributed by atoms with E-state index in [4.69, 9.17) is 0 Å². The van der Waals surface area contributed by atoms with Gasteiger partial charge >= 0.3 is 0 Å². The van der Waals surface area contributed by atoms with Crippen molar-refractivity contribution >= 4 is 17.1 Å². The van der Waals surface area contributed by atoms with E-state index in [1.165, 1.54) is 59.4 Å². The number of para-hydroxylation sites is 1. The van der Waals surface area contributed by atoms with Crippen LogP contribution in [0.15, 0.2) is 72.8 Å². The molecule has 0 heterocycles. The zero-order valence-electron chi connectivity index (χ0n) is 14.2. The smallest absolute Gasteiger partial charge is 0.0464 e. The number of nitrogens with zero attached hydrogens (tertiary/aromatic N) is 1. The number of fused-ring (bicyclic) bond motifs is 1. The van der Waals surface area contributed by atoms with Crippen molar-refractivity contribution in [2.75, 3.05) is 4.90 Å². The quantitative estimate of drug-likeness (QED) is 0.545. The molecule has 0 saturated heterocycles. The summed E-state index contributed by atoms with van der Waals surface area (Å²) in [6, 6.07) is 26.4. The Bertz CT molecular complexity index is 818. The van der Waals surface area contributed by atoms with Crippen molar-refractivity contribution in [3.05, 3.63) is 89.5 Å². The fraction of sp³-hybridized carbons (Fsp3) is 0.217. The second-order valence-corrected chi connectivity index (χ2v) is 6.67. The molecule has 0 aromatic heterocycles. The summed E-state index contributed by atoms with van der Waals surface area (Å²) in [7, 11) is 0. The second-order valence-electron chi connectivity index (χ2n) is 6.67. The molecule has 4 rings (SSSR count). The second kappa shape index (κ2) is 6.52. The summed E-state index contributed by atoms with van der Waals surface area (Å²) in [6.07, 6.45) is 5.07. The Morgan fingerprint density at radius 1 is 0.625 bits per heavy atom. The number of rotatable bonds is 3. The van der Waals surface area contributed by atoms with Gasteiger partial charge in [0.15, 0.2) is 0 Å². The van der Waals surface area contributed by atoms with Gasteiger partial charge < -0.3 is 4.90 Å². The lowest BCUT2D eigenvalue weighted by Crippen LogP contribution is -2.11. The fourth-order valence-electron chi connectivity index (χ4n) is 3.58. The normalized spacial score (nSPS) is 13.4. The third kappa shape index (κ3) is 2.94. The minimum Gasteiger partial charge on any atom is -0.310 e. The Hall–Kier alpha value is -2.54. The van der Waals surface area contributed by atoms with Gasteiger partial charge in [-0.3, -0.25) is 0 Å².